The average molecular weight is 294 g/mol. The summed E-state index contributed by atoms with van der Waals surface area (Å²) >= 11 is 0. The summed E-state index contributed by atoms with van der Waals surface area (Å²) in [5.74, 6) is -0.0931. The zero-order chi connectivity index (χ0) is 15.8. The molecule has 21 heavy (non-hydrogen) atoms. The number of rotatable bonds is 7. The van der Waals surface area contributed by atoms with E-state index in [0.717, 1.165) is 0 Å². The van der Waals surface area contributed by atoms with E-state index in [-0.39, 0.29) is 30.2 Å². The van der Waals surface area contributed by atoms with Crippen molar-refractivity contribution in [3.63, 3.8) is 0 Å². The number of nitrogens with one attached hydrogen (secondary N) is 1. The Hall–Kier alpha value is -2.24. The lowest BCUT2D eigenvalue weighted by atomic mass is 10.1. The minimum absolute atomic E-state index is 0.000692. The van der Waals surface area contributed by atoms with Crippen LogP contribution < -0.4 is 10.1 Å². The first-order valence-electron chi connectivity index (χ1n) is 6.96. The van der Waals surface area contributed by atoms with Gasteiger partial charge in [-0.1, -0.05) is 0 Å². The second-order valence-corrected chi connectivity index (χ2v) is 4.46. The minimum atomic E-state index is -0.414. The predicted molar refractivity (Wildman–Crippen MR) is 79.5 cm³/mol. The zero-order valence-electron chi connectivity index (χ0n) is 12.7. The number of phenols is 1. The van der Waals surface area contributed by atoms with Crippen molar-refractivity contribution >= 4 is 11.8 Å². The first kappa shape index (κ1) is 16.8. The van der Waals surface area contributed by atoms with Crippen LogP contribution in [0, 0.1) is 0 Å². The number of ether oxygens (including phenoxy) is 1. The van der Waals surface area contributed by atoms with Crippen LogP contribution in [0.25, 0.3) is 0 Å². The fourth-order valence-corrected chi connectivity index (χ4v) is 1.94. The number of aromatic hydroxyl groups is 1. The molecule has 0 aliphatic carbocycles. The van der Waals surface area contributed by atoms with Crippen molar-refractivity contribution in [2.45, 2.75) is 20.3 Å². The Morgan fingerprint density at radius 3 is 2.48 bits per heavy atom. The lowest BCUT2D eigenvalue weighted by Crippen LogP contribution is -2.34. The van der Waals surface area contributed by atoms with Gasteiger partial charge in [-0.05, 0) is 26.0 Å². The van der Waals surface area contributed by atoms with Gasteiger partial charge in [-0.25, -0.2) is 0 Å². The Morgan fingerprint density at radius 2 is 1.95 bits per heavy atom. The Balaban J connectivity index is 2.53. The van der Waals surface area contributed by atoms with E-state index >= 15 is 0 Å². The molecule has 0 saturated carbocycles. The van der Waals surface area contributed by atoms with Crippen molar-refractivity contribution in [1.29, 1.82) is 0 Å². The van der Waals surface area contributed by atoms with Crippen LogP contribution in [0.15, 0.2) is 18.2 Å². The van der Waals surface area contributed by atoms with Gasteiger partial charge in [0.25, 0.3) is 5.91 Å². The molecule has 0 radical (unpaired) electrons. The summed E-state index contributed by atoms with van der Waals surface area (Å²) in [7, 11) is 1.48. The van der Waals surface area contributed by atoms with Crippen molar-refractivity contribution < 1.29 is 19.4 Å². The topological polar surface area (TPSA) is 78.9 Å². The van der Waals surface area contributed by atoms with Gasteiger partial charge in [0.1, 0.15) is 11.5 Å². The Bertz CT molecular complexity index is 498. The second-order valence-electron chi connectivity index (χ2n) is 4.46. The van der Waals surface area contributed by atoms with Crippen LogP contribution in [0.5, 0.6) is 11.5 Å². The van der Waals surface area contributed by atoms with E-state index < -0.39 is 5.91 Å². The number of methoxy groups -OCH3 is 1. The summed E-state index contributed by atoms with van der Waals surface area (Å²) in [5, 5.41) is 12.4. The maximum Gasteiger partial charge on any atom is 0.255 e. The standard InChI is InChI=1S/C15H22N2O4/c1-4-17(5-2)14(19)8-9-16-15(20)12-7-6-11(21-3)10-13(12)18/h6-7,10,18H,4-5,8-9H2,1-3H3,(H,16,20). The molecule has 2 N–H and O–H groups in total. The van der Waals surface area contributed by atoms with E-state index in [1.54, 1.807) is 11.0 Å². The lowest BCUT2D eigenvalue weighted by molar-refractivity contribution is -0.130. The largest absolute Gasteiger partial charge is 0.507 e. The smallest absolute Gasteiger partial charge is 0.255 e. The molecule has 0 heterocycles. The monoisotopic (exact) mass is 294 g/mol. The summed E-state index contributed by atoms with van der Waals surface area (Å²) in [6.07, 6.45) is 0.240. The third-order valence-corrected chi connectivity index (χ3v) is 3.19. The number of benzene rings is 1. The van der Waals surface area contributed by atoms with Gasteiger partial charge in [-0.2, -0.15) is 0 Å². The molecule has 0 spiro atoms. The summed E-state index contributed by atoms with van der Waals surface area (Å²) in [4.78, 5) is 25.4. The molecule has 0 saturated heterocycles. The number of carbonyl (C=O) groups excluding carboxylic acids is 2. The van der Waals surface area contributed by atoms with Gasteiger partial charge in [-0.3, -0.25) is 9.59 Å². The molecular formula is C15H22N2O4. The number of hydrogen-bond acceptors (Lipinski definition) is 4. The van der Waals surface area contributed by atoms with Crippen molar-refractivity contribution in [2.24, 2.45) is 0 Å². The van der Waals surface area contributed by atoms with Crippen molar-refractivity contribution in [2.75, 3.05) is 26.7 Å². The average Bonchev–Trinajstić information content (AvgIpc) is 2.48. The highest BCUT2D eigenvalue weighted by Crippen LogP contribution is 2.23. The van der Waals surface area contributed by atoms with Gasteiger partial charge in [0, 0.05) is 32.1 Å². The molecule has 6 nitrogen and oxygen atoms in total. The summed E-state index contributed by atoms with van der Waals surface area (Å²) < 4.78 is 4.95. The Morgan fingerprint density at radius 1 is 1.29 bits per heavy atom. The predicted octanol–water partition coefficient (Wildman–Crippen LogP) is 1.39. The van der Waals surface area contributed by atoms with Crippen LogP contribution in [0.1, 0.15) is 30.6 Å². The highest BCUT2D eigenvalue weighted by Gasteiger charge is 2.13. The van der Waals surface area contributed by atoms with Gasteiger partial charge in [0.2, 0.25) is 5.91 Å². The van der Waals surface area contributed by atoms with Gasteiger partial charge in [0.05, 0.1) is 12.7 Å². The quantitative estimate of drug-likeness (QED) is 0.796. The van der Waals surface area contributed by atoms with Gasteiger partial charge in [-0.15, -0.1) is 0 Å². The molecule has 1 aromatic carbocycles. The van der Waals surface area contributed by atoms with Crippen molar-refractivity contribution in [1.82, 2.24) is 10.2 Å². The number of amides is 2. The molecule has 0 fully saturated rings. The second kappa shape index (κ2) is 8.14. The number of nitrogens with zero attached hydrogens (tertiary/aromatic N) is 1. The maximum absolute atomic E-state index is 11.9. The number of phenolic OH excluding ortho intramolecular Hbond substituents is 1. The van der Waals surface area contributed by atoms with E-state index in [4.69, 9.17) is 4.74 Å². The molecule has 0 aliphatic heterocycles. The van der Waals surface area contributed by atoms with Crippen LogP contribution in [0.2, 0.25) is 0 Å². The summed E-state index contributed by atoms with van der Waals surface area (Å²) in [6.45, 7) is 5.37. The van der Waals surface area contributed by atoms with Crippen LogP contribution in [0.4, 0.5) is 0 Å². The zero-order valence-corrected chi connectivity index (χ0v) is 12.7. The fourth-order valence-electron chi connectivity index (χ4n) is 1.94. The molecule has 2 amide bonds. The summed E-state index contributed by atoms with van der Waals surface area (Å²) in [5.41, 5.74) is 0.158. The molecule has 0 aromatic heterocycles. The molecule has 0 aliphatic rings. The third-order valence-electron chi connectivity index (χ3n) is 3.19. The third kappa shape index (κ3) is 4.66. The van der Waals surface area contributed by atoms with Gasteiger partial charge < -0.3 is 20.1 Å². The normalized spacial score (nSPS) is 10.0. The van der Waals surface area contributed by atoms with Crippen molar-refractivity contribution in [3.05, 3.63) is 23.8 Å². The number of hydrogen-bond donors (Lipinski definition) is 2. The molecule has 6 heteroatoms. The molecule has 0 atom stereocenters. The van der Waals surface area contributed by atoms with Gasteiger partial charge in [0.15, 0.2) is 0 Å². The van der Waals surface area contributed by atoms with E-state index in [2.05, 4.69) is 5.32 Å². The van der Waals surface area contributed by atoms with E-state index in [1.807, 2.05) is 13.8 Å². The fraction of sp³-hybridized carbons (Fsp3) is 0.467. The SMILES string of the molecule is CCN(CC)C(=O)CCNC(=O)c1ccc(OC)cc1O. The maximum atomic E-state index is 11.9. The van der Waals surface area contributed by atoms with Gasteiger partial charge >= 0.3 is 0 Å². The van der Waals surface area contributed by atoms with Crippen LogP contribution >= 0.6 is 0 Å². The first-order chi connectivity index (χ1) is 10.0. The molecular weight excluding hydrogens is 272 g/mol. The van der Waals surface area contributed by atoms with Crippen LogP contribution in [-0.4, -0.2) is 48.6 Å². The molecule has 0 bridgehead atoms. The van der Waals surface area contributed by atoms with E-state index in [9.17, 15) is 14.7 Å². The highest BCUT2D eigenvalue weighted by molar-refractivity contribution is 5.97. The summed E-state index contributed by atoms with van der Waals surface area (Å²) in [6, 6.07) is 4.45. The first-order valence-corrected chi connectivity index (χ1v) is 6.96. The number of carbonyl (C=O) groups is 2. The molecule has 0 unspecified atom stereocenters. The molecule has 116 valence electrons. The molecule has 1 rings (SSSR count). The van der Waals surface area contributed by atoms with E-state index in [0.29, 0.717) is 18.8 Å². The highest BCUT2D eigenvalue weighted by atomic mass is 16.5. The van der Waals surface area contributed by atoms with E-state index in [1.165, 1.54) is 19.2 Å². The Kier molecular flexibility index (Phi) is 6.52. The minimum Gasteiger partial charge on any atom is -0.507 e. The Labute approximate surface area is 124 Å². The lowest BCUT2D eigenvalue weighted by Gasteiger charge is -2.18. The van der Waals surface area contributed by atoms with Crippen LogP contribution in [-0.2, 0) is 4.79 Å². The van der Waals surface area contributed by atoms with Crippen LogP contribution in [0.3, 0.4) is 0 Å². The van der Waals surface area contributed by atoms with Crippen molar-refractivity contribution in [3.8, 4) is 11.5 Å². The molecule has 1 aromatic rings.